The lowest BCUT2D eigenvalue weighted by Crippen LogP contribution is -2.25. The summed E-state index contributed by atoms with van der Waals surface area (Å²) in [4.78, 5) is 22.9. The Balaban J connectivity index is 1.61. The number of benzene rings is 2. The highest BCUT2D eigenvalue weighted by atomic mass is 35.5. The lowest BCUT2D eigenvalue weighted by atomic mass is 10.0. The van der Waals surface area contributed by atoms with Crippen LogP contribution in [-0.4, -0.2) is 27.6 Å². The third kappa shape index (κ3) is 4.40. The van der Waals surface area contributed by atoms with Crippen molar-refractivity contribution in [2.45, 2.75) is 31.7 Å². The van der Waals surface area contributed by atoms with Gasteiger partial charge in [0.25, 0.3) is 0 Å². The molecule has 1 fully saturated rings. The van der Waals surface area contributed by atoms with E-state index in [1.165, 1.54) is 11.8 Å². The molecule has 0 radical (unpaired) electrons. The van der Waals surface area contributed by atoms with E-state index in [1.54, 1.807) is 0 Å². The van der Waals surface area contributed by atoms with Gasteiger partial charge >= 0.3 is 5.97 Å². The van der Waals surface area contributed by atoms with Gasteiger partial charge in [-0.05, 0) is 48.9 Å². The smallest absolute Gasteiger partial charge is 0.339 e. The van der Waals surface area contributed by atoms with Crippen LogP contribution in [0.1, 0.15) is 46.1 Å². The number of aromatic nitrogens is 2. The molecular weight excluding hydrogens is 386 g/mol. The quantitative estimate of drug-likeness (QED) is 0.625. The van der Waals surface area contributed by atoms with Crippen molar-refractivity contribution in [2.24, 2.45) is 0 Å². The fourth-order valence-corrected chi connectivity index (χ4v) is 3.99. The molecule has 1 aliphatic heterocycles. The number of nitrogens with zero attached hydrogens (tertiary/aromatic N) is 3. The van der Waals surface area contributed by atoms with E-state index >= 15 is 0 Å². The molecule has 5 nitrogen and oxygen atoms in total. The minimum absolute atomic E-state index is 0.171. The average Bonchev–Trinajstić information content (AvgIpc) is 3.23. The molecule has 0 spiro atoms. The molecule has 1 saturated heterocycles. The molecule has 0 amide bonds. The zero-order chi connectivity index (χ0) is 20.2. The minimum atomic E-state index is -0.990. The van der Waals surface area contributed by atoms with Gasteiger partial charge in [0.1, 0.15) is 0 Å². The first kappa shape index (κ1) is 19.4. The van der Waals surface area contributed by atoms with Crippen LogP contribution in [0, 0.1) is 0 Å². The van der Waals surface area contributed by atoms with Crippen LogP contribution in [0.4, 0.5) is 5.95 Å². The average molecular weight is 408 g/mol. The fraction of sp³-hybridized carbons (Fsp3) is 0.261. The Morgan fingerprint density at radius 1 is 1.10 bits per heavy atom. The number of aromatic carboxylic acids is 1. The Morgan fingerprint density at radius 2 is 1.86 bits per heavy atom. The molecule has 29 heavy (non-hydrogen) atoms. The molecular formula is C23H22ClN3O2. The zero-order valence-electron chi connectivity index (χ0n) is 16.0. The van der Waals surface area contributed by atoms with Crippen LogP contribution < -0.4 is 4.90 Å². The molecule has 2 aromatic carbocycles. The van der Waals surface area contributed by atoms with E-state index in [0.29, 0.717) is 23.1 Å². The van der Waals surface area contributed by atoms with Gasteiger partial charge in [-0.25, -0.2) is 14.8 Å². The summed E-state index contributed by atoms with van der Waals surface area (Å²) in [6.07, 6.45) is 4.78. The Morgan fingerprint density at radius 3 is 2.59 bits per heavy atom. The van der Waals surface area contributed by atoms with Crippen molar-refractivity contribution in [3.63, 3.8) is 0 Å². The maximum atomic E-state index is 11.7. The van der Waals surface area contributed by atoms with Gasteiger partial charge in [0.15, 0.2) is 0 Å². The summed E-state index contributed by atoms with van der Waals surface area (Å²) in [5, 5.41) is 10.3. The SMILES string of the molecule is O=C(O)c1cnc(N2CCC[C@H]2c2ccc(Cl)cc2)nc1CCc1ccccc1. The van der Waals surface area contributed by atoms with Gasteiger partial charge in [0.2, 0.25) is 5.95 Å². The lowest BCUT2D eigenvalue weighted by molar-refractivity contribution is 0.0694. The van der Waals surface area contributed by atoms with Crippen molar-refractivity contribution in [1.82, 2.24) is 9.97 Å². The number of carboxylic acid groups (broad SMARTS) is 1. The van der Waals surface area contributed by atoms with Crippen LogP contribution in [-0.2, 0) is 12.8 Å². The van der Waals surface area contributed by atoms with E-state index in [0.717, 1.165) is 31.4 Å². The lowest BCUT2D eigenvalue weighted by Gasteiger charge is -2.25. The first-order valence-corrected chi connectivity index (χ1v) is 10.1. The maximum absolute atomic E-state index is 11.7. The topological polar surface area (TPSA) is 66.3 Å². The number of carboxylic acids is 1. The third-order valence-corrected chi connectivity index (χ3v) is 5.60. The van der Waals surface area contributed by atoms with Crippen molar-refractivity contribution in [3.8, 4) is 0 Å². The van der Waals surface area contributed by atoms with Gasteiger partial charge < -0.3 is 10.0 Å². The van der Waals surface area contributed by atoms with Gasteiger partial charge in [-0.1, -0.05) is 54.1 Å². The molecule has 1 aliphatic rings. The Kier molecular flexibility index (Phi) is 5.76. The van der Waals surface area contributed by atoms with Crippen molar-refractivity contribution >= 4 is 23.5 Å². The molecule has 1 N–H and O–H groups in total. The molecule has 6 heteroatoms. The first-order chi connectivity index (χ1) is 14.1. The summed E-state index contributed by atoms with van der Waals surface area (Å²) in [5.41, 5.74) is 3.08. The Labute approximate surface area is 175 Å². The van der Waals surface area contributed by atoms with Crippen LogP contribution in [0.15, 0.2) is 60.8 Å². The van der Waals surface area contributed by atoms with E-state index in [4.69, 9.17) is 16.6 Å². The highest BCUT2D eigenvalue weighted by Gasteiger charge is 2.29. The van der Waals surface area contributed by atoms with E-state index in [-0.39, 0.29) is 11.6 Å². The van der Waals surface area contributed by atoms with E-state index in [1.807, 2.05) is 54.6 Å². The van der Waals surface area contributed by atoms with Crippen molar-refractivity contribution in [2.75, 3.05) is 11.4 Å². The molecule has 0 bridgehead atoms. The minimum Gasteiger partial charge on any atom is -0.478 e. The van der Waals surface area contributed by atoms with Crippen LogP contribution in [0.2, 0.25) is 5.02 Å². The number of aryl methyl sites for hydroxylation is 2. The summed E-state index contributed by atoms with van der Waals surface area (Å²) < 4.78 is 0. The number of anilines is 1. The largest absolute Gasteiger partial charge is 0.478 e. The molecule has 0 unspecified atom stereocenters. The second kappa shape index (κ2) is 8.62. The Bertz CT molecular complexity index is 993. The number of carbonyl (C=O) groups is 1. The second-order valence-corrected chi connectivity index (χ2v) is 7.66. The molecule has 2 heterocycles. The van der Waals surface area contributed by atoms with Gasteiger partial charge in [0, 0.05) is 17.8 Å². The highest BCUT2D eigenvalue weighted by molar-refractivity contribution is 6.30. The third-order valence-electron chi connectivity index (χ3n) is 5.34. The second-order valence-electron chi connectivity index (χ2n) is 7.22. The predicted molar refractivity (Wildman–Crippen MR) is 114 cm³/mol. The van der Waals surface area contributed by atoms with Crippen LogP contribution in [0.3, 0.4) is 0 Å². The van der Waals surface area contributed by atoms with Crippen LogP contribution in [0.5, 0.6) is 0 Å². The van der Waals surface area contributed by atoms with Gasteiger partial charge in [-0.15, -0.1) is 0 Å². The van der Waals surface area contributed by atoms with E-state index in [2.05, 4.69) is 9.88 Å². The molecule has 148 valence electrons. The van der Waals surface area contributed by atoms with Gasteiger partial charge in [0.05, 0.1) is 17.3 Å². The molecule has 1 atom stereocenters. The molecule has 0 saturated carbocycles. The number of halogens is 1. The van der Waals surface area contributed by atoms with Crippen LogP contribution in [0.25, 0.3) is 0 Å². The van der Waals surface area contributed by atoms with Crippen LogP contribution >= 0.6 is 11.6 Å². The first-order valence-electron chi connectivity index (χ1n) is 9.77. The van der Waals surface area contributed by atoms with Crippen molar-refractivity contribution in [3.05, 3.63) is 88.2 Å². The van der Waals surface area contributed by atoms with E-state index < -0.39 is 5.97 Å². The summed E-state index contributed by atoms with van der Waals surface area (Å²) in [5.74, 6) is -0.397. The number of hydrogen-bond acceptors (Lipinski definition) is 4. The zero-order valence-corrected chi connectivity index (χ0v) is 16.7. The highest BCUT2D eigenvalue weighted by Crippen LogP contribution is 2.35. The Hall–Kier alpha value is -2.92. The molecule has 1 aromatic heterocycles. The van der Waals surface area contributed by atoms with Crippen molar-refractivity contribution in [1.29, 1.82) is 0 Å². The fourth-order valence-electron chi connectivity index (χ4n) is 3.86. The predicted octanol–water partition coefficient (Wildman–Crippen LogP) is 4.95. The molecule has 3 aromatic rings. The number of rotatable bonds is 6. The van der Waals surface area contributed by atoms with Gasteiger partial charge in [-0.2, -0.15) is 0 Å². The maximum Gasteiger partial charge on any atom is 0.339 e. The van der Waals surface area contributed by atoms with Crippen molar-refractivity contribution < 1.29 is 9.90 Å². The molecule has 4 rings (SSSR count). The van der Waals surface area contributed by atoms with Gasteiger partial charge in [-0.3, -0.25) is 0 Å². The number of hydrogen-bond donors (Lipinski definition) is 1. The standard InChI is InChI=1S/C23H22ClN3O2/c24-18-11-9-17(10-12-18)21-7-4-14-27(21)23-25-15-19(22(28)29)20(26-23)13-8-16-5-2-1-3-6-16/h1-3,5-6,9-12,15,21H,4,7-8,13-14H2,(H,28,29)/t21-/m0/s1. The molecule has 0 aliphatic carbocycles. The van der Waals surface area contributed by atoms with E-state index in [9.17, 15) is 9.90 Å². The monoisotopic (exact) mass is 407 g/mol. The normalized spacial score (nSPS) is 16.2. The summed E-state index contributed by atoms with van der Waals surface area (Å²) >= 11 is 6.03. The summed E-state index contributed by atoms with van der Waals surface area (Å²) in [6.45, 7) is 0.845. The summed E-state index contributed by atoms with van der Waals surface area (Å²) in [7, 11) is 0. The summed E-state index contributed by atoms with van der Waals surface area (Å²) in [6, 6.07) is 18.1.